The average Bonchev–Trinajstić information content (AvgIpc) is 2.04. The standard InChI is InChI=1S/C8H9NO2/c1-6-8(5-11)7(4-10)2-3-9-6/h2-4,11H,5H2,1H3. The highest BCUT2D eigenvalue weighted by Gasteiger charge is 2.02. The molecule has 0 aromatic carbocycles. The number of rotatable bonds is 2. The lowest BCUT2D eigenvalue weighted by Gasteiger charge is -2.02. The number of pyridine rings is 1. The minimum atomic E-state index is -0.131. The third-order valence-electron chi connectivity index (χ3n) is 1.59. The van der Waals surface area contributed by atoms with Crippen molar-refractivity contribution >= 4 is 6.29 Å². The smallest absolute Gasteiger partial charge is 0.150 e. The molecule has 0 fully saturated rings. The topological polar surface area (TPSA) is 50.2 Å². The van der Waals surface area contributed by atoms with E-state index in [-0.39, 0.29) is 6.61 Å². The summed E-state index contributed by atoms with van der Waals surface area (Å²) >= 11 is 0. The van der Waals surface area contributed by atoms with Crippen molar-refractivity contribution < 1.29 is 9.90 Å². The summed E-state index contributed by atoms with van der Waals surface area (Å²) in [5, 5.41) is 8.83. The van der Waals surface area contributed by atoms with E-state index in [9.17, 15) is 4.79 Å². The summed E-state index contributed by atoms with van der Waals surface area (Å²) < 4.78 is 0. The Morgan fingerprint density at radius 2 is 2.45 bits per heavy atom. The summed E-state index contributed by atoms with van der Waals surface area (Å²) in [6, 6.07) is 1.59. The number of aryl methyl sites for hydroxylation is 1. The average molecular weight is 151 g/mol. The second kappa shape index (κ2) is 3.25. The van der Waals surface area contributed by atoms with Crippen LogP contribution in [0.1, 0.15) is 21.6 Å². The molecule has 0 bridgehead atoms. The number of aliphatic hydroxyl groups is 1. The van der Waals surface area contributed by atoms with Gasteiger partial charge >= 0.3 is 0 Å². The Labute approximate surface area is 64.7 Å². The first kappa shape index (κ1) is 7.88. The second-order valence-corrected chi connectivity index (χ2v) is 2.24. The number of aromatic nitrogens is 1. The van der Waals surface area contributed by atoms with E-state index >= 15 is 0 Å². The molecule has 0 amide bonds. The van der Waals surface area contributed by atoms with Gasteiger partial charge in [0.1, 0.15) is 0 Å². The van der Waals surface area contributed by atoms with Gasteiger partial charge < -0.3 is 5.11 Å². The molecule has 0 atom stereocenters. The maximum atomic E-state index is 10.4. The Bertz CT molecular complexity index is 271. The van der Waals surface area contributed by atoms with Crippen LogP contribution in [-0.4, -0.2) is 16.4 Å². The van der Waals surface area contributed by atoms with Crippen molar-refractivity contribution in [3.8, 4) is 0 Å². The van der Waals surface area contributed by atoms with Gasteiger partial charge in [0.2, 0.25) is 0 Å². The van der Waals surface area contributed by atoms with Crippen LogP contribution in [0.2, 0.25) is 0 Å². The fourth-order valence-corrected chi connectivity index (χ4v) is 0.933. The Balaban J connectivity index is 3.23. The van der Waals surface area contributed by atoms with Gasteiger partial charge in [-0.15, -0.1) is 0 Å². The normalized spacial score (nSPS) is 9.64. The fraction of sp³-hybridized carbons (Fsp3) is 0.250. The van der Waals surface area contributed by atoms with Gasteiger partial charge in [0.25, 0.3) is 0 Å². The second-order valence-electron chi connectivity index (χ2n) is 2.24. The van der Waals surface area contributed by atoms with Gasteiger partial charge in [-0.3, -0.25) is 9.78 Å². The zero-order chi connectivity index (χ0) is 8.27. The molecule has 0 spiro atoms. The van der Waals surface area contributed by atoms with Crippen LogP contribution in [0.4, 0.5) is 0 Å². The molecule has 1 rings (SSSR count). The summed E-state index contributed by atoms with van der Waals surface area (Å²) in [7, 11) is 0. The largest absolute Gasteiger partial charge is 0.392 e. The Kier molecular flexibility index (Phi) is 2.33. The van der Waals surface area contributed by atoms with E-state index in [0.29, 0.717) is 16.8 Å². The predicted octanol–water partition coefficient (Wildman–Crippen LogP) is 0.695. The van der Waals surface area contributed by atoms with Crippen LogP contribution in [0, 0.1) is 6.92 Å². The number of hydrogen-bond donors (Lipinski definition) is 1. The number of hydrogen-bond acceptors (Lipinski definition) is 3. The maximum Gasteiger partial charge on any atom is 0.150 e. The molecular formula is C8H9NO2. The van der Waals surface area contributed by atoms with E-state index in [2.05, 4.69) is 4.98 Å². The molecule has 0 saturated carbocycles. The first-order valence-corrected chi connectivity index (χ1v) is 3.30. The summed E-state index contributed by atoms with van der Waals surface area (Å²) in [5.41, 5.74) is 1.83. The number of aliphatic hydroxyl groups excluding tert-OH is 1. The van der Waals surface area contributed by atoms with Crippen LogP contribution in [0.25, 0.3) is 0 Å². The van der Waals surface area contributed by atoms with E-state index < -0.39 is 0 Å². The van der Waals surface area contributed by atoms with Gasteiger partial charge in [-0.05, 0) is 13.0 Å². The zero-order valence-electron chi connectivity index (χ0n) is 6.24. The minimum absolute atomic E-state index is 0.131. The highest BCUT2D eigenvalue weighted by Crippen LogP contribution is 2.08. The Morgan fingerprint density at radius 3 is 2.91 bits per heavy atom. The summed E-state index contributed by atoms with van der Waals surface area (Å²) in [4.78, 5) is 14.3. The number of carbonyl (C=O) groups excluding carboxylic acids is 1. The summed E-state index contributed by atoms with van der Waals surface area (Å²) in [5.74, 6) is 0. The zero-order valence-corrected chi connectivity index (χ0v) is 6.24. The molecule has 0 radical (unpaired) electrons. The fourth-order valence-electron chi connectivity index (χ4n) is 0.933. The highest BCUT2D eigenvalue weighted by molar-refractivity contribution is 5.77. The van der Waals surface area contributed by atoms with Crippen molar-refractivity contribution in [2.24, 2.45) is 0 Å². The lowest BCUT2D eigenvalue weighted by atomic mass is 10.1. The molecule has 1 aromatic rings. The van der Waals surface area contributed by atoms with Crippen LogP contribution in [0.3, 0.4) is 0 Å². The molecule has 0 aliphatic rings. The summed E-state index contributed by atoms with van der Waals surface area (Å²) in [6.45, 7) is 1.63. The first-order valence-electron chi connectivity index (χ1n) is 3.30. The van der Waals surface area contributed by atoms with Crippen molar-refractivity contribution in [1.29, 1.82) is 0 Å². The van der Waals surface area contributed by atoms with Crippen LogP contribution in [0.5, 0.6) is 0 Å². The molecule has 3 nitrogen and oxygen atoms in total. The maximum absolute atomic E-state index is 10.4. The van der Waals surface area contributed by atoms with Gasteiger partial charge in [-0.25, -0.2) is 0 Å². The van der Waals surface area contributed by atoms with Crippen LogP contribution >= 0.6 is 0 Å². The van der Waals surface area contributed by atoms with Gasteiger partial charge in [-0.2, -0.15) is 0 Å². The first-order chi connectivity index (χ1) is 5.29. The lowest BCUT2D eigenvalue weighted by molar-refractivity contribution is 0.112. The van der Waals surface area contributed by atoms with Crippen LogP contribution in [-0.2, 0) is 6.61 Å². The van der Waals surface area contributed by atoms with Crippen molar-refractivity contribution in [3.05, 3.63) is 29.1 Å². The molecule has 0 aliphatic carbocycles. The van der Waals surface area contributed by atoms with Crippen molar-refractivity contribution in [2.45, 2.75) is 13.5 Å². The number of carbonyl (C=O) groups is 1. The Morgan fingerprint density at radius 1 is 1.73 bits per heavy atom. The van der Waals surface area contributed by atoms with Gasteiger partial charge in [-0.1, -0.05) is 0 Å². The minimum Gasteiger partial charge on any atom is -0.392 e. The monoisotopic (exact) mass is 151 g/mol. The third kappa shape index (κ3) is 1.43. The van der Waals surface area contributed by atoms with E-state index in [0.717, 1.165) is 6.29 Å². The lowest BCUT2D eigenvalue weighted by Crippen LogP contribution is -1.97. The SMILES string of the molecule is Cc1nccc(C=O)c1CO. The van der Waals surface area contributed by atoms with Crippen molar-refractivity contribution in [1.82, 2.24) is 4.98 Å². The molecule has 0 aliphatic heterocycles. The molecular weight excluding hydrogens is 142 g/mol. The molecule has 58 valence electrons. The van der Waals surface area contributed by atoms with Crippen molar-refractivity contribution in [2.75, 3.05) is 0 Å². The highest BCUT2D eigenvalue weighted by atomic mass is 16.3. The van der Waals surface area contributed by atoms with Crippen molar-refractivity contribution in [3.63, 3.8) is 0 Å². The molecule has 11 heavy (non-hydrogen) atoms. The Hall–Kier alpha value is -1.22. The van der Waals surface area contributed by atoms with E-state index in [1.807, 2.05) is 0 Å². The molecule has 1 heterocycles. The molecule has 3 heteroatoms. The van der Waals surface area contributed by atoms with E-state index in [4.69, 9.17) is 5.11 Å². The summed E-state index contributed by atoms with van der Waals surface area (Å²) in [6.07, 6.45) is 2.28. The number of aldehydes is 1. The van der Waals surface area contributed by atoms with Gasteiger partial charge in [0.05, 0.1) is 6.61 Å². The van der Waals surface area contributed by atoms with E-state index in [1.54, 1.807) is 19.2 Å². The molecule has 1 N–H and O–H groups in total. The molecule has 0 saturated heterocycles. The van der Waals surface area contributed by atoms with E-state index in [1.165, 1.54) is 0 Å². The predicted molar refractivity (Wildman–Crippen MR) is 40.3 cm³/mol. The quantitative estimate of drug-likeness (QED) is 0.633. The van der Waals surface area contributed by atoms with Gasteiger partial charge in [0, 0.05) is 23.0 Å². The molecule has 1 aromatic heterocycles. The number of nitrogens with zero attached hydrogens (tertiary/aromatic N) is 1. The molecule has 0 unspecified atom stereocenters. The van der Waals surface area contributed by atoms with Gasteiger partial charge in [0.15, 0.2) is 6.29 Å². The van der Waals surface area contributed by atoms with Crippen LogP contribution < -0.4 is 0 Å². The third-order valence-corrected chi connectivity index (χ3v) is 1.59. The van der Waals surface area contributed by atoms with Crippen LogP contribution in [0.15, 0.2) is 12.3 Å².